The average molecular weight is 522 g/mol. The van der Waals surface area contributed by atoms with Gasteiger partial charge >= 0.3 is 0 Å². The van der Waals surface area contributed by atoms with Crippen LogP contribution in [0, 0.1) is 0 Å². The van der Waals surface area contributed by atoms with Crippen molar-refractivity contribution < 1.29 is 18.0 Å². The van der Waals surface area contributed by atoms with Gasteiger partial charge in [0, 0.05) is 31.1 Å². The first-order valence-corrected chi connectivity index (χ1v) is 13.9. The van der Waals surface area contributed by atoms with Crippen LogP contribution in [0.4, 0.5) is 0 Å². The maximum atomic E-state index is 13.2. The van der Waals surface area contributed by atoms with E-state index < -0.39 is 16.1 Å². The first-order chi connectivity index (χ1) is 16.7. The zero-order valence-corrected chi connectivity index (χ0v) is 22.3. The van der Waals surface area contributed by atoms with Crippen LogP contribution >= 0.6 is 11.6 Å². The molecule has 0 fully saturated rings. The van der Waals surface area contributed by atoms with Gasteiger partial charge in [-0.05, 0) is 55.2 Å². The Morgan fingerprint density at radius 1 is 0.971 bits per heavy atom. The van der Waals surface area contributed by atoms with Gasteiger partial charge in [0.1, 0.15) is 6.04 Å². The zero-order chi connectivity index (χ0) is 25.8. The molecule has 7 nitrogen and oxygen atoms in total. The number of aryl methyl sites for hydroxylation is 1. The summed E-state index contributed by atoms with van der Waals surface area (Å²) in [6.07, 6.45) is 3.63. The first-order valence-electron chi connectivity index (χ1n) is 12.1. The summed E-state index contributed by atoms with van der Waals surface area (Å²) in [5.74, 6) is -0.332. The number of carbonyl (C=O) groups is 2. The maximum Gasteiger partial charge on any atom is 0.242 e. The van der Waals surface area contributed by atoms with Crippen molar-refractivity contribution in [2.45, 2.75) is 70.4 Å². The molecule has 0 unspecified atom stereocenters. The predicted molar refractivity (Wildman–Crippen MR) is 140 cm³/mol. The van der Waals surface area contributed by atoms with E-state index in [2.05, 4.69) is 17.0 Å². The van der Waals surface area contributed by atoms with Crippen molar-refractivity contribution in [1.29, 1.82) is 0 Å². The number of hydrogen-bond acceptors (Lipinski definition) is 4. The van der Waals surface area contributed by atoms with Gasteiger partial charge in [-0.2, -0.15) is 0 Å². The van der Waals surface area contributed by atoms with Crippen LogP contribution in [0.15, 0.2) is 53.4 Å². The van der Waals surface area contributed by atoms with Crippen molar-refractivity contribution in [3.8, 4) is 0 Å². The van der Waals surface area contributed by atoms with E-state index in [9.17, 15) is 18.0 Å². The summed E-state index contributed by atoms with van der Waals surface area (Å²) in [4.78, 5) is 27.8. The highest BCUT2D eigenvalue weighted by atomic mass is 35.5. The minimum atomic E-state index is -3.52. The molecule has 35 heavy (non-hydrogen) atoms. The summed E-state index contributed by atoms with van der Waals surface area (Å²) in [5, 5.41) is 3.54. The molecule has 2 N–H and O–H groups in total. The Morgan fingerprint density at radius 2 is 1.60 bits per heavy atom. The Hall–Kier alpha value is -2.42. The van der Waals surface area contributed by atoms with Crippen molar-refractivity contribution in [1.82, 2.24) is 14.9 Å². The van der Waals surface area contributed by atoms with Gasteiger partial charge in [-0.3, -0.25) is 9.59 Å². The molecule has 2 aromatic carbocycles. The van der Waals surface area contributed by atoms with Crippen LogP contribution in [-0.2, 0) is 32.6 Å². The largest absolute Gasteiger partial charge is 0.354 e. The number of amides is 2. The molecular formula is C26H36ClN3O4S. The van der Waals surface area contributed by atoms with Crippen molar-refractivity contribution in [3.05, 3.63) is 64.7 Å². The van der Waals surface area contributed by atoms with E-state index in [1.54, 1.807) is 43.0 Å². The summed E-state index contributed by atoms with van der Waals surface area (Å²) >= 11 is 5.99. The maximum absolute atomic E-state index is 13.2. The minimum absolute atomic E-state index is 0.152. The molecule has 9 heteroatoms. The van der Waals surface area contributed by atoms with E-state index in [0.29, 0.717) is 31.1 Å². The standard InChI is InChI=1S/C26H36ClN3O4S/c1-4-6-7-18-28-26(32)20(3)30(19-22-8-13-23(27)14-9-22)25(31)17-12-21-10-15-24(16-11-21)35(33,34)29-5-2/h8-11,13-16,20,29H,4-7,12,17-19H2,1-3H3,(H,28,32)/t20-/m0/s1. The third-order valence-electron chi connectivity index (χ3n) is 5.71. The lowest BCUT2D eigenvalue weighted by molar-refractivity contribution is -0.140. The van der Waals surface area contributed by atoms with Gasteiger partial charge in [-0.25, -0.2) is 13.1 Å². The number of rotatable bonds is 14. The van der Waals surface area contributed by atoms with Crippen LogP contribution < -0.4 is 10.0 Å². The molecule has 2 aromatic rings. The van der Waals surface area contributed by atoms with E-state index in [0.717, 1.165) is 30.4 Å². The van der Waals surface area contributed by atoms with E-state index >= 15 is 0 Å². The molecular weight excluding hydrogens is 486 g/mol. The lowest BCUT2D eigenvalue weighted by Gasteiger charge is -2.29. The number of unbranched alkanes of at least 4 members (excludes halogenated alkanes) is 2. The second kappa shape index (κ2) is 14.2. The summed E-state index contributed by atoms with van der Waals surface area (Å²) in [6, 6.07) is 13.1. The number of sulfonamides is 1. The highest BCUT2D eigenvalue weighted by molar-refractivity contribution is 7.89. The van der Waals surface area contributed by atoms with Crippen molar-refractivity contribution in [3.63, 3.8) is 0 Å². The highest BCUT2D eigenvalue weighted by Crippen LogP contribution is 2.17. The van der Waals surface area contributed by atoms with Crippen LogP contribution in [0.3, 0.4) is 0 Å². The van der Waals surface area contributed by atoms with Crippen LogP contribution in [-0.4, -0.2) is 44.3 Å². The molecule has 2 rings (SSSR count). The summed E-state index contributed by atoms with van der Waals surface area (Å²) in [5.41, 5.74) is 1.73. The molecule has 0 radical (unpaired) electrons. The second-order valence-electron chi connectivity index (χ2n) is 8.47. The summed E-state index contributed by atoms with van der Waals surface area (Å²) < 4.78 is 26.7. The Bertz CT molecular complexity index is 1060. The first kappa shape index (κ1) is 28.8. The Balaban J connectivity index is 2.09. The van der Waals surface area contributed by atoms with Gasteiger partial charge < -0.3 is 10.2 Å². The molecule has 0 bridgehead atoms. The molecule has 0 aliphatic rings. The average Bonchev–Trinajstić information content (AvgIpc) is 2.84. The second-order valence-corrected chi connectivity index (χ2v) is 10.7. The smallest absolute Gasteiger partial charge is 0.242 e. The number of hydrogen-bond donors (Lipinski definition) is 2. The van der Waals surface area contributed by atoms with Crippen molar-refractivity contribution in [2.24, 2.45) is 0 Å². The van der Waals surface area contributed by atoms with Crippen LogP contribution in [0.2, 0.25) is 5.02 Å². The normalized spacial score (nSPS) is 12.2. The summed E-state index contributed by atoms with van der Waals surface area (Å²) in [6.45, 7) is 6.75. The number of nitrogens with one attached hydrogen (secondary N) is 2. The van der Waals surface area contributed by atoms with Crippen LogP contribution in [0.25, 0.3) is 0 Å². The Labute approximate surface area is 214 Å². The number of nitrogens with zero attached hydrogens (tertiary/aromatic N) is 1. The monoisotopic (exact) mass is 521 g/mol. The Kier molecular flexibility index (Phi) is 11.7. The highest BCUT2D eigenvalue weighted by Gasteiger charge is 2.25. The number of benzene rings is 2. The molecule has 0 aromatic heterocycles. The SMILES string of the molecule is CCCCCNC(=O)[C@H](C)N(Cc1ccc(Cl)cc1)C(=O)CCc1ccc(S(=O)(=O)NCC)cc1. The molecule has 1 atom stereocenters. The molecule has 0 spiro atoms. The number of halogens is 1. The quantitative estimate of drug-likeness (QED) is 0.362. The predicted octanol–water partition coefficient (Wildman–Crippen LogP) is 4.29. The summed E-state index contributed by atoms with van der Waals surface area (Å²) in [7, 11) is -3.52. The third-order valence-corrected chi connectivity index (χ3v) is 7.52. The molecule has 192 valence electrons. The zero-order valence-electron chi connectivity index (χ0n) is 20.7. The fraction of sp³-hybridized carbons (Fsp3) is 0.462. The van der Waals surface area contributed by atoms with Gasteiger partial charge in [0.15, 0.2) is 0 Å². The van der Waals surface area contributed by atoms with Gasteiger partial charge in [0.2, 0.25) is 21.8 Å². The fourth-order valence-electron chi connectivity index (χ4n) is 3.61. The lowest BCUT2D eigenvalue weighted by atomic mass is 10.1. The molecule has 0 heterocycles. The molecule has 0 saturated heterocycles. The van der Waals surface area contributed by atoms with Crippen LogP contribution in [0.5, 0.6) is 0 Å². The van der Waals surface area contributed by atoms with E-state index in [4.69, 9.17) is 11.6 Å². The topological polar surface area (TPSA) is 95.6 Å². The van der Waals surface area contributed by atoms with E-state index in [-0.39, 0.29) is 23.1 Å². The molecule has 0 aliphatic heterocycles. The van der Waals surface area contributed by atoms with Gasteiger partial charge in [-0.15, -0.1) is 0 Å². The van der Waals surface area contributed by atoms with E-state index in [1.807, 2.05) is 12.1 Å². The molecule has 2 amide bonds. The molecule has 0 saturated carbocycles. The van der Waals surface area contributed by atoms with Gasteiger partial charge in [0.05, 0.1) is 4.90 Å². The Morgan fingerprint density at radius 3 is 2.20 bits per heavy atom. The van der Waals surface area contributed by atoms with E-state index in [1.165, 1.54) is 12.1 Å². The van der Waals surface area contributed by atoms with Crippen molar-refractivity contribution in [2.75, 3.05) is 13.1 Å². The molecule has 0 aliphatic carbocycles. The van der Waals surface area contributed by atoms with Crippen molar-refractivity contribution >= 4 is 33.4 Å². The fourth-order valence-corrected chi connectivity index (χ4v) is 4.77. The minimum Gasteiger partial charge on any atom is -0.354 e. The van der Waals surface area contributed by atoms with Crippen LogP contribution in [0.1, 0.15) is 57.6 Å². The van der Waals surface area contributed by atoms with Gasteiger partial charge in [-0.1, -0.05) is 62.6 Å². The van der Waals surface area contributed by atoms with Gasteiger partial charge in [0.25, 0.3) is 0 Å². The third kappa shape index (κ3) is 9.28. The lowest BCUT2D eigenvalue weighted by Crippen LogP contribution is -2.47. The number of carbonyl (C=O) groups excluding carboxylic acids is 2.